The fraction of sp³-hybridized carbons (Fsp3) is 0.533. The van der Waals surface area contributed by atoms with Crippen molar-refractivity contribution in [2.45, 2.75) is 25.7 Å². The highest BCUT2D eigenvalue weighted by Gasteiger charge is 1.94. The lowest BCUT2D eigenvalue weighted by molar-refractivity contribution is 0.201. The third kappa shape index (κ3) is 7.59. The second-order valence-corrected chi connectivity index (χ2v) is 4.32. The van der Waals surface area contributed by atoms with Gasteiger partial charge in [-0.15, -0.1) is 0 Å². The molecule has 106 valence electrons. The fourth-order valence-corrected chi connectivity index (χ4v) is 1.69. The van der Waals surface area contributed by atoms with E-state index in [4.69, 9.17) is 14.9 Å². The number of ether oxygens (including phenoxy) is 1. The molecule has 4 nitrogen and oxygen atoms in total. The van der Waals surface area contributed by atoms with Crippen molar-refractivity contribution in [2.75, 3.05) is 26.4 Å². The second-order valence-electron chi connectivity index (χ2n) is 4.32. The van der Waals surface area contributed by atoms with Crippen LogP contribution in [0.3, 0.4) is 0 Å². The second kappa shape index (κ2) is 10.5. The van der Waals surface area contributed by atoms with E-state index in [9.17, 15) is 0 Å². The number of aliphatic hydroxyl groups excluding tert-OH is 2. The minimum atomic E-state index is 0.0200. The van der Waals surface area contributed by atoms with E-state index in [-0.39, 0.29) is 13.2 Å². The molecule has 0 radical (unpaired) electrons. The van der Waals surface area contributed by atoms with Gasteiger partial charge in [-0.05, 0) is 30.5 Å². The first-order valence-electron chi connectivity index (χ1n) is 6.81. The molecular weight excluding hydrogens is 242 g/mol. The molecule has 0 aliphatic rings. The Labute approximate surface area is 114 Å². The molecule has 0 aliphatic carbocycles. The van der Waals surface area contributed by atoms with E-state index in [1.54, 1.807) is 0 Å². The molecule has 0 bridgehead atoms. The van der Waals surface area contributed by atoms with E-state index in [0.29, 0.717) is 6.61 Å². The molecule has 0 fully saturated rings. The molecule has 0 atom stereocenters. The molecule has 0 aromatic heterocycles. The first kappa shape index (κ1) is 15.7. The quantitative estimate of drug-likeness (QED) is 0.502. The van der Waals surface area contributed by atoms with Gasteiger partial charge in [-0.1, -0.05) is 25.0 Å². The molecule has 2 N–H and O–H groups in total. The fourth-order valence-electron chi connectivity index (χ4n) is 1.69. The number of hydrogen-bond acceptors (Lipinski definition) is 4. The summed E-state index contributed by atoms with van der Waals surface area (Å²) in [5.74, 6) is 0.751. The molecular formula is C15H23NO3. The van der Waals surface area contributed by atoms with Crippen molar-refractivity contribution >= 4 is 6.21 Å². The molecule has 0 aliphatic heterocycles. The van der Waals surface area contributed by atoms with E-state index in [0.717, 1.165) is 43.5 Å². The number of rotatable bonds is 10. The van der Waals surface area contributed by atoms with E-state index in [1.807, 2.05) is 30.5 Å². The molecule has 4 heteroatoms. The van der Waals surface area contributed by atoms with Gasteiger partial charge >= 0.3 is 0 Å². The molecule has 0 saturated heterocycles. The van der Waals surface area contributed by atoms with Crippen molar-refractivity contribution in [3.05, 3.63) is 29.8 Å². The highest BCUT2D eigenvalue weighted by Crippen LogP contribution is 2.11. The van der Waals surface area contributed by atoms with Crippen LogP contribution in [0.1, 0.15) is 31.2 Å². The molecule has 0 unspecified atom stereocenters. The average Bonchev–Trinajstić information content (AvgIpc) is 2.44. The minimum absolute atomic E-state index is 0.0200. The molecule has 0 saturated carbocycles. The van der Waals surface area contributed by atoms with Gasteiger partial charge in [0.2, 0.25) is 0 Å². The highest BCUT2D eigenvalue weighted by atomic mass is 16.5. The van der Waals surface area contributed by atoms with Gasteiger partial charge < -0.3 is 14.9 Å². The first-order chi connectivity index (χ1) is 9.36. The van der Waals surface area contributed by atoms with Crippen LogP contribution >= 0.6 is 0 Å². The van der Waals surface area contributed by atoms with Crippen molar-refractivity contribution in [1.82, 2.24) is 0 Å². The standard InChI is InChI=1S/C15H23NO3/c17-9-4-2-1-3-8-16-13-14-6-5-7-15(12-14)19-11-10-18/h5-7,12-13,17-18H,1-4,8-11H2. The van der Waals surface area contributed by atoms with Crippen molar-refractivity contribution in [2.24, 2.45) is 4.99 Å². The van der Waals surface area contributed by atoms with Crippen LogP contribution < -0.4 is 4.74 Å². The van der Waals surface area contributed by atoms with Crippen molar-refractivity contribution in [3.63, 3.8) is 0 Å². The lowest BCUT2D eigenvalue weighted by atomic mass is 10.2. The van der Waals surface area contributed by atoms with Crippen LogP contribution in [0.15, 0.2) is 29.3 Å². The summed E-state index contributed by atoms with van der Waals surface area (Å²) in [5, 5.41) is 17.3. The lowest BCUT2D eigenvalue weighted by Crippen LogP contribution is -2.01. The minimum Gasteiger partial charge on any atom is -0.491 e. The van der Waals surface area contributed by atoms with Gasteiger partial charge in [0, 0.05) is 19.4 Å². The summed E-state index contributed by atoms with van der Waals surface area (Å²) >= 11 is 0. The topological polar surface area (TPSA) is 62.1 Å². The molecule has 19 heavy (non-hydrogen) atoms. The SMILES string of the molecule is OCCCCCCN=Cc1cccc(OCCO)c1. The Hall–Kier alpha value is -1.39. The van der Waals surface area contributed by atoms with Gasteiger partial charge in [-0.3, -0.25) is 4.99 Å². The monoisotopic (exact) mass is 265 g/mol. The predicted octanol–water partition coefficient (Wildman–Crippen LogP) is 2.03. The predicted molar refractivity (Wildman–Crippen MR) is 77.0 cm³/mol. The third-order valence-corrected chi connectivity index (χ3v) is 2.65. The largest absolute Gasteiger partial charge is 0.491 e. The third-order valence-electron chi connectivity index (χ3n) is 2.65. The van der Waals surface area contributed by atoms with Crippen LogP contribution in [-0.4, -0.2) is 42.8 Å². The summed E-state index contributed by atoms with van der Waals surface area (Å²) in [6.07, 6.45) is 5.96. The van der Waals surface area contributed by atoms with Gasteiger partial charge in [0.25, 0.3) is 0 Å². The molecule has 1 aromatic rings. The summed E-state index contributed by atoms with van der Waals surface area (Å²) < 4.78 is 5.33. The van der Waals surface area contributed by atoms with Crippen molar-refractivity contribution in [1.29, 1.82) is 0 Å². The van der Waals surface area contributed by atoms with Crippen molar-refractivity contribution in [3.8, 4) is 5.75 Å². The first-order valence-corrected chi connectivity index (χ1v) is 6.81. The van der Waals surface area contributed by atoms with Crippen molar-refractivity contribution < 1.29 is 14.9 Å². The molecule has 1 aromatic carbocycles. The van der Waals surface area contributed by atoms with Crippen LogP contribution in [0.4, 0.5) is 0 Å². The summed E-state index contributed by atoms with van der Waals surface area (Å²) in [6, 6.07) is 7.66. The Morgan fingerprint density at radius 1 is 1.05 bits per heavy atom. The van der Waals surface area contributed by atoms with E-state index >= 15 is 0 Å². The van der Waals surface area contributed by atoms with E-state index < -0.39 is 0 Å². The number of aliphatic hydroxyl groups is 2. The molecule has 0 spiro atoms. The Balaban J connectivity index is 2.27. The highest BCUT2D eigenvalue weighted by molar-refractivity contribution is 5.80. The van der Waals surface area contributed by atoms with Gasteiger partial charge in [-0.25, -0.2) is 0 Å². The lowest BCUT2D eigenvalue weighted by Gasteiger charge is -2.04. The zero-order valence-corrected chi connectivity index (χ0v) is 11.3. The zero-order valence-electron chi connectivity index (χ0n) is 11.3. The van der Waals surface area contributed by atoms with Gasteiger partial charge in [0.15, 0.2) is 0 Å². The Bertz CT molecular complexity index is 366. The maximum atomic E-state index is 8.69. The van der Waals surface area contributed by atoms with Crippen LogP contribution in [0.5, 0.6) is 5.75 Å². The summed E-state index contributed by atoms with van der Waals surface area (Å²) in [6.45, 7) is 1.43. The number of hydrogen-bond donors (Lipinski definition) is 2. The van der Waals surface area contributed by atoms with E-state index in [2.05, 4.69) is 4.99 Å². The maximum absolute atomic E-state index is 8.69. The van der Waals surface area contributed by atoms with Gasteiger partial charge in [-0.2, -0.15) is 0 Å². The number of unbranched alkanes of at least 4 members (excludes halogenated alkanes) is 3. The summed E-state index contributed by atoms with van der Waals surface area (Å²) in [4.78, 5) is 4.37. The van der Waals surface area contributed by atoms with Crippen LogP contribution in [-0.2, 0) is 0 Å². The molecule has 0 heterocycles. The number of nitrogens with zero attached hydrogens (tertiary/aromatic N) is 1. The Kier molecular flexibility index (Phi) is 8.68. The summed E-state index contributed by atoms with van der Waals surface area (Å²) in [5.41, 5.74) is 1.01. The van der Waals surface area contributed by atoms with Gasteiger partial charge in [0.05, 0.1) is 6.61 Å². The van der Waals surface area contributed by atoms with Crippen LogP contribution in [0.25, 0.3) is 0 Å². The Morgan fingerprint density at radius 3 is 2.68 bits per heavy atom. The van der Waals surface area contributed by atoms with Crippen LogP contribution in [0, 0.1) is 0 Å². The Morgan fingerprint density at radius 2 is 1.89 bits per heavy atom. The molecule has 0 amide bonds. The zero-order chi connectivity index (χ0) is 13.8. The maximum Gasteiger partial charge on any atom is 0.120 e. The van der Waals surface area contributed by atoms with E-state index in [1.165, 1.54) is 0 Å². The number of aliphatic imine (C=N–C) groups is 1. The smallest absolute Gasteiger partial charge is 0.120 e. The normalized spacial score (nSPS) is 11.1. The van der Waals surface area contributed by atoms with Gasteiger partial charge in [0.1, 0.15) is 12.4 Å². The van der Waals surface area contributed by atoms with Crippen LogP contribution in [0.2, 0.25) is 0 Å². The molecule has 1 rings (SSSR count). The average molecular weight is 265 g/mol. The summed E-state index contributed by atoms with van der Waals surface area (Å²) in [7, 11) is 0. The number of benzene rings is 1.